The fraction of sp³-hybridized carbons (Fsp3) is 0.455. The molecule has 1 aliphatic heterocycles. The van der Waals surface area contributed by atoms with Gasteiger partial charge in [0.15, 0.2) is 6.29 Å². The summed E-state index contributed by atoms with van der Waals surface area (Å²) in [5.41, 5.74) is 0. The average molecular weight is 273 g/mol. The molecule has 0 radical (unpaired) electrons. The molecule has 0 unspecified atom stereocenters. The van der Waals surface area contributed by atoms with E-state index in [0.29, 0.717) is 19.8 Å². The van der Waals surface area contributed by atoms with Gasteiger partial charge in [-0.15, -0.1) is 0 Å². The van der Waals surface area contributed by atoms with E-state index in [9.17, 15) is 0 Å². The first kappa shape index (κ1) is 10.9. The summed E-state index contributed by atoms with van der Waals surface area (Å²) >= 11 is 3.39. The highest BCUT2D eigenvalue weighted by molar-refractivity contribution is 9.10. The van der Waals surface area contributed by atoms with Crippen molar-refractivity contribution in [2.24, 2.45) is 0 Å². The zero-order valence-corrected chi connectivity index (χ0v) is 9.90. The molecule has 1 heterocycles. The third-order valence-corrected chi connectivity index (χ3v) is 2.60. The molecular formula is C11H13BrO3. The standard InChI is InChI=1S/C11H13BrO3/c12-9-2-1-3-10(8-9)13-5-4-11-14-6-7-15-11/h1-3,8,11H,4-7H2. The Hall–Kier alpha value is -0.580. The lowest BCUT2D eigenvalue weighted by molar-refractivity contribution is -0.0531. The molecule has 4 heteroatoms. The third kappa shape index (κ3) is 3.48. The van der Waals surface area contributed by atoms with Crippen LogP contribution in [0.2, 0.25) is 0 Å². The lowest BCUT2D eigenvalue weighted by Gasteiger charge is -2.10. The fourth-order valence-corrected chi connectivity index (χ4v) is 1.78. The van der Waals surface area contributed by atoms with Crippen molar-refractivity contribution < 1.29 is 14.2 Å². The van der Waals surface area contributed by atoms with Crippen molar-refractivity contribution in [3.8, 4) is 5.75 Å². The van der Waals surface area contributed by atoms with E-state index < -0.39 is 0 Å². The lowest BCUT2D eigenvalue weighted by Crippen LogP contribution is -2.12. The lowest BCUT2D eigenvalue weighted by atomic mass is 10.3. The van der Waals surface area contributed by atoms with Crippen LogP contribution in [0.15, 0.2) is 28.7 Å². The molecule has 82 valence electrons. The van der Waals surface area contributed by atoms with Crippen molar-refractivity contribution >= 4 is 15.9 Å². The molecule has 1 aromatic rings. The predicted octanol–water partition coefficient (Wildman–Crippen LogP) is 2.59. The molecule has 2 rings (SSSR count). The van der Waals surface area contributed by atoms with Crippen LogP contribution in [0.5, 0.6) is 5.75 Å². The summed E-state index contributed by atoms with van der Waals surface area (Å²) in [5.74, 6) is 0.863. The second kappa shape index (κ2) is 5.49. The molecule has 0 aliphatic carbocycles. The predicted molar refractivity (Wildman–Crippen MR) is 59.9 cm³/mol. The van der Waals surface area contributed by atoms with Gasteiger partial charge in [-0.05, 0) is 18.2 Å². The molecule has 1 fully saturated rings. The molecule has 15 heavy (non-hydrogen) atoms. The molecular weight excluding hydrogens is 260 g/mol. The van der Waals surface area contributed by atoms with E-state index in [4.69, 9.17) is 14.2 Å². The monoisotopic (exact) mass is 272 g/mol. The van der Waals surface area contributed by atoms with Gasteiger partial charge in [-0.3, -0.25) is 0 Å². The van der Waals surface area contributed by atoms with Gasteiger partial charge in [-0.25, -0.2) is 0 Å². The number of hydrogen-bond acceptors (Lipinski definition) is 3. The maximum absolute atomic E-state index is 5.56. The number of hydrogen-bond donors (Lipinski definition) is 0. The first-order valence-electron chi connectivity index (χ1n) is 4.96. The molecule has 0 amide bonds. The molecule has 3 nitrogen and oxygen atoms in total. The van der Waals surface area contributed by atoms with E-state index in [1.807, 2.05) is 24.3 Å². The smallest absolute Gasteiger partial charge is 0.161 e. The molecule has 0 saturated carbocycles. The van der Waals surface area contributed by atoms with Gasteiger partial charge in [0, 0.05) is 10.9 Å². The van der Waals surface area contributed by atoms with Crippen LogP contribution in [0.1, 0.15) is 6.42 Å². The number of rotatable bonds is 4. The van der Waals surface area contributed by atoms with Crippen molar-refractivity contribution in [3.63, 3.8) is 0 Å². The van der Waals surface area contributed by atoms with Gasteiger partial charge >= 0.3 is 0 Å². The topological polar surface area (TPSA) is 27.7 Å². The van der Waals surface area contributed by atoms with Gasteiger partial charge in [0.1, 0.15) is 5.75 Å². The Morgan fingerprint density at radius 2 is 2.13 bits per heavy atom. The largest absolute Gasteiger partial charge is 0.493 e. The Morgan fingerprint density at radius 3 is 2.87 bits per heavy atom. The van der Waals surface area contributed by atoms with E-state index in [-0.39, 0.29) is 6.29 Å². The van der Waals surface area contributed by atoms with E-state index in [0.717, 1.165) is 16.6 Å². The van der Waals surface area contributed by atoms with Gasteiger partial charge in [-0.2, -0.15) is 0 Å². The number of ether oxygens (including phenoxy) is 3. The first-order chi connectivity index (χ1) is 7.34. The van der Waals surface area contributed by atoms with Crippen molar-refractivity contribution in [2.45, 2.75) is 12.7 Å². The third-order valence-electron chi connectivity index (χ3n) is 2.11. The van der Waals surface area contributed by atoms with Crippen molar-refractivity contribution in [1.82, 2.24) is 0 Å². The van der Waals surface area contributed by atoms with Gasteiger partial charge in [0.25, 0.3) is 0 Å². The number of halogens is 1. The average Bonchev–Trinajstić information content (AvgIpc) is 2.71. The minimum atomic E-state index is -0.0860. The molecule has 0 bridgehead atoms. The van der Waals surface area contributed by atoms with E-state index >= 15 is 0 Å². The summed E-state index contributed by atoms with van der Waals surface area (Å²) in [4.78, 5) is 0. The Kier molecular flexibility index (Phi) is 4.00. The molecule has 0 aromatic heterocycles. The highest BCUT2D eigenvalue weighted by Crippen LogP contribution is 2.18. The maximum atomic E-state index is 5.56. The Labute approximate surface area is 97.5 Å². The van der Waals surface area contributed by atoms with Crippen molar-refractivity contribution in [3.05, 3.63) is 28.7 Å². The highest BCUT2D eigenvalue weighted by Gasteiger charge is 2.15. The summed E-state index contributed by atoms with van der Waals surface area (Å²) in [7, 11) is 0. The fourth-order valence-electron chi connectivity index (χ4n) is 1.40. The van der Waals surface area contributed by atoms with Crippen LogP contribution in [0, 0.1) is 0 Å². The Balaban J connectivity index is 1.73. The van der Waals surface area contributed by atoms with Crippen LogP contribution in [0.4, 0.5) is 0 Å². The zero-order valence-electron chi connectivity index (χ0n) is 8.32. The van der Waals surface area contributed by atoms with Crippen LogP contribution >= 0.6 is 15.9 Å². The zero-order chi connectivity index (χ0) is 10.5. The molecule has 1 saturated heterocycles. The quantitative estimate of drug-likeness (QED) is 0.844. The minimum absolute atomic E-state index is 0.0860. The van der Waals surface area contributed by atoms with Crippen molar-refractivity contribution in [1.29, 1.82) is 0 Å². The molecule has 0 N–H and O–H groups in total. The summed E-state index contributed by atoms with van der Waals surface area (Å²) < 4.78 is 17.2. The summed E-state index contributed by atoms with van der Waals surface area (Å²) in [6.45, 7) is 2.00. The van der Waals surface area contributed by atoms with Crippen LogP contribution in [0.25, 0.3) is 0 Å². The summed E-state index contributed by atoms with van der Waals surface area (Å²) in [6.07, 6.45) is 0.684. The van der Waals surface area contributed by atoms with Gasteiger partial charge < -0.3 is 14.2 Å². The second-order valence-corrected chi connectivity index (χ2v) is 4.18. The number of benzene rings is 1. The second-order valence-electron chi connectivity index (χ2n) is 3.27. The Morgan fingerprint density at radius 1 is 1.33 bits per heavy atom. The normalized spacial score (nSPS) is 16.9. The van der Waals surface area contributed by atoms with Crippen LogP contribution in [-0.2, 0) is 9.47 Å². The van der Waals surface area contributed by atoms with Crippen LogP contribution in [0.3, 0.4) is 0 Å². The molecule has 0 atom stereocenters. The van der Waals surface area contributed by atoms with Gasteiger partial charge in [-0.1, -0.05) is 22.0 Å². The molecule has 1 aliphatic rings. The van der Waals surface area contributed by atoms with Crippen molar-refractivity contribution in [2.75, 3.05) is 19.8 Å². The summed E-state index contributed by atoms with van der Waals surface area (Å²) in [6, 6.07) is 7.79. The SMILES string of the molecule is Brc1cccc(OCCC2OCCO2)c1. The first-order valence-corrected chi connectivity index (χ1v) is 5.75. The summed E-state index contributed by atoms with van der Waals surface area (Å²) in [5, 5.41) is 0. The molecule has 0 spiro atoms. The Bertz CT molecular complexity index is 310. The van der Waals surface area contributed by atoms with Gasteiger partial charge in [0.05, 0.1) is 19.8 Å². The van der Waals surface area contributed by atoms with E-state index in [1.165, 1.54) is 0 Å². The van der Waals surface area contributed by atoms with Gasteiger partial charge in [0.2, 0.25) is 0 Å². The van der Waals surface area contributed by atoms with Crippen LogP contribution in [-0.4, -0.2) is 26.1 Å². The highest BCUT2D eigenvalue weighted by atomic mass is 79.9. The minimum Gasteiger partial charge on any atom is -0.493 e. The van der Waals surface area contributed by atoms with E-state index in [2.05, 4.69) is 15.9 Å². The maximum Gasteiger partial charge on any atom is 0.161 e. The molecule has 1 aromatic carbocycles. The van der Waals surface area contributed by atoms with E-state index in [1.54, 1.807) is 0 Å². The van der Waals surface area contributed by atoms with Crippen LogP contribution < -0.4 is 4.74 Å².